The third-order valence-electron chi connectivity index (χ3n) is 3.56. The van der Waals surface area contributed by atoms with E-state index < -0.39 is 0 Å². The predicted molar refractivity (Wildman–Crippen MR) is 74.3 cm³/mol. The van der Waals surface area contributed by atoms with Crippen LogP contribution < -0.4 is 5.32 Å². The van der Waals surface area contributed by atoms with Gasteiger partial charge in [-0.25, -0.2) is 0 Å². The number of nitrogens with one attached hydrogen (secondary N) is 1. The van der Waals surface area contributed by atoms with Crippen LogP contribution in [0.25, 0.3) is 0 Å². The molecule has 0 radical (unpaired) electrons. The second kappa shape index (κ2) is 9.67. The molecule has 2 unspecified atom stereocenters. The van der Waals surface area contributed by atoms with Crippen molar-refractivity contribution in [3.63, 3.8) is 0 Å². The van der Waals surface area contributed by atoms with Crippen LogP contribution in [-0.2, 0) is 4.74 Å². The van der Waals surface area contributed by atoms with Crippen LogP contribution in [0.2, 0.25) is 0 Å². The van der Waals surface area contributed by atoms with Crippen LogP contribution in [0, 0.1) is 0 Å². The molecule has 0 aliphatic carbocycles. The number of hydrogen-bond acceptors (Lipinski definition) is 2. The molecule has 0 bridgehead atoms. The summed E-state index contributed by atoms with van der Waals surface area (Å²) in [5.74, 6) is 0. The Bertz CT molecular complexity index is 187. The largest absolute Gasteiger partial charge is 0.378 e. The van der Waals surface area contributed by atoms with Crippen LogP contribution in [-0.4, -0.2) is 25.3 Å². The molecule has 0 aromatic heterocycles. The topological polar surface area (TPSA) is 21.3 Å². The van der Waals surface area contributed by atoms with Crippen molar-refractivity contribution < 1.29 is 4.74 Å². The molecule has 0 amide bonds. The van der Waals surface area contributed by atoms with E-state index in [9.17, 15) is 0 Å². The molecule has 1 rings (SSSR count). The van der Waals surface area contributed by atoms with Gasteiger partial charge in [0.25, 0.3) is 0 Å². The van der Waals surface area contributed by atoms with Gasteiger partial charge in [0, 0.05) is 12.6 Å². The van der Waals surface area contributed by atoms with Gasteiger partial charge in [-0.05, 0) is 57.9 Å². The standard InChI is InChI=1S/C15H29NO/c1-3-5-6-9-14(16-4-2)11-12-15-10-7-8-13-17-15/h3,14-16H,1,4-13H2,2H3. The van der Waals surface area contributed by atoms with E-state index in [0.29, 0.717) is 12.1 Å². The zero-order chi connectivity index (χ0) is 12.3. The molecule has 0 aromatic carbocycles. The van der Waals surface area contributed by atoms with Crippen LogP contribution >= 0.6 is 0 Å². The summed E-state index contributed by atoms with van der Waals surface area (Å²) in [6.07, 6.45) is 12.6. The summed E-state index contributed by atoms with van der Waals surface area (Å²) >= 11 is 0. The Morgan fingerprint density at radius 2 is 2.29 bits per heavy atom. The van der Waals surface area contributed by atoms with Crippen molar-refractivity contribution in [1.82, 2.24) is 5.32 Å². The van der Waals surface area contributed by atoms with Gasteiger partial charge in [0.1, 0.15) is 0 Å². The van der Waals surface area contributed by atoms with Crippen molar-refractivity contribution in [1.29, 1.82) is 0 Å². The summed E-state index contributed by atoms with van der Waals surface area (Å²) in [4.78, 5) is 0. The third kappa shape index (κ3) is 6.85. The van der Waals surface area contributed by atoms with Crippen LogP contribution in [0.3, 0.4) is 0 Å². The Morgan fingerprint density at radius 3 is 2.94 bits per heavy atom. The van der Waals surface area contributed by atoms with Crippen LogP contribution in [0.5, 0.6) is 0 Å². The summed E-state index contributed by atoms with van der Waals surface area (Å²) < 4.78 is 5.79. The molecule has 1 saturated heterocycles. The summed E-state index contributed by atoms with van der Waals surface area (Å²) in [6, 6.07) is 0.672. The highest BCUT2D eigenvalue weighted by molar-refractivity contribution is 4.73. The lowest BCUT2D eigenvalue weighted by molar-refractivity contribution is 0.00844. The minimum Gasteiger partial charge on any atom is -0.378 e. The maximum Gasteiger partial charge on any atom is 0.0575 e. The molecule has 1 aliphatic rings. The average molecular weight is 239 g/mol. The van der Waals surface area contributed by atoms with E-state index in [0.717, 1.165) is 19.6 Å². The first-order valence-electron chi connectivity index (χ1n) is 7.32. The van der Waals surface area contributed by atoms with Crippen molar-refractivity contribution >= 4 is 0 Å². The van der Waals surface area contributed by atoms with Gasteiger partial charge in [-0.3, -0.25) is 0 Å². The first-order valence-corrected chi connectivity index (χ1v) is 7.32. The van der Waals surface area contributed by atoms with Gasteiger partial charge < -0.3 is 10.1 Å². The summed E-state index contributed by atoms with van der Waals surface area (Å²) in [6.45, 7) is 8.03. The van der Waals surface area contributed by atoms with Crippen molar-refractivity contribution in [2.24, 2.45) is 0 Å². The van der Waals surface area contributed by atoms with Gasteiger partial charge >= 0.3 is 0 Å². The molecular weight excluding hydrogens is 210 g/mol. The van der Waals surface area contributed by atoms with E-state index in [4.69, 9.17) is 4.74 Å². The maximum atomic E-state index is 5.79. The van der Waals surface area contributed by atoms with E-state index in [1.54, 1.807) is 0 Å². The monoisotopic (exact) mass is 239 g/mol. The fraction of sp³-hybridized carbons (Fsp3) is 0.867. The smallest absolute Gasteiger partial charge is 0.0575 e. The number of allylic oxidation sites excluding steroid dienone is 1. The lowest BCUT2D eigenvalue weighted by Crippen LogP contribution is -2.31. The minimum absolute atomic E-state index is 0.532. The minimum atomic E-state index is 0.532. The third-order valence-corrected chi connectivity index (χ3v) is 3.56. The second-order valence-corrected chi connectivity index (χ2v) is 5.04. The van der Waals surface area contributed by atoms with Gasteiger partial charge in [-0.2, -0.15) is 0 Å². The predicted octanol–water partition coefficient (Wildman–Crippen LogP) is 3.67. The number of unbranched alkanes of at least 4 members (excludes halogenated alkanes) is 1. The zero-order valence-corrected chi connectivity index (χ0v) is 11.4. The van der Waals surface area contributed by atoms with Gasteiger partial charge in [0.2, 0.25) is 0 Å². The van der Waals surface area contributed by atoms with Gasteiger partial charge in [-0.1, -0.05) is 13.0 Å². The highest BCUT2D eigenvalue weighted by atomic mass is 16.5. The van der Waals surface area contributed by atoms with E-state index in [1.165, 1.54) is 44.9 Å². The zero-order valence-electron chi connectivity index (χ0n) is 11.4. The Labute approximate surface area is 107 Å². The Balaban J connectivity index is 2.15. The fourth-order valence-corrected chi connectivity index (χ4v) is 2.57. The maximum absolute atomic E-state index is 5.79. The van der Waals surface area contributed by atoms with Crippen LogP contribution in [0.15, 0.2) is 12.7 Å². The lowest BCUT2D eigenvalue weighted by atomic mass is 9.98. The highest BCUT2D eigenvalue weighted by Crippen LogP contribution is 2.19. The summed E-state index contributed by atoms with van der Waals surface area (Å²) in [7, 11) is 0. The molecule has 1 heterocycles. The number of rotatable bonds is 9. The molecule has 17 heavy (non-hydrogen) atoms. The molecule has 1 fully saturated rings. The van der Waals surface area contributed by atoms with E-state index in [1.807, 2.05) is 6.08 Å². The molecule has 0 aromatic rings. The summed E-state index contributed by atoms with van der Waals surface area (Å²) in [5, 5.41) is 3.59. The van der Waals surface area contributed by atoms with E-state index in [2.05, 4.69) is 18.8 Å². The van der Waals surface area contributed by atoms with Crippen molar-refractivity contribution in [2.45, 2.75) is 70.4 Å². The second-order valence-electron chi connectivity index (χ2n) is 5.04. The first kappa shape index (κ1) is 14.7. The van der Waals surface area contributed by atoms with Crippen molar-refractivity contribution in [3.05, 3.63) is 12.7 Å². The SMILES string of the molecule is C=CCCCC(CCC1CCCCO1)NCC. The number of hydrogen-bond donors (Lipinski definition) is 1. The molecule has 2 nitrogen and oxygen atoms in total. The van der Waals surface area contributed by atoms with Crippen molar-refractivity contribution in [3.8, 4) is 0 Å². The Morgan fingerprint density at radius 1 is 1.41 bits per heavy atom. The quantitative estimate of drug-likeness (QED) is 0.489. The molecule has 0 spiro atoms. The molecule has 0 saturated carbocycles. The lowest BCUT2D eigenvalue weighted by Gasteiger charge is -2.25. The molecule has 1 N–H and O–H groups in total. The fourth-order valence-electron chi connectivity index (χ4n) is 2.57. The molecular formula is C15H29NO. The van der Waals surface area contributed by atoms with Crippen molar-refractivity contribution in [2.75, 3.05) is 13.2 Å². The van der Waals surface area contributed by atoms with Gasteiger partial charge in [-0.15, -0.1) is 6.58 Å². The van der Waals surface area contributed by atoms with Gasteiger partial charge in [0.15, 0.2) is 0 Å². The Hall–Kier alpha value is -0.340. The summed E-state index contributed by atoms with van der Waals surface area (Å²) in [5.41, 5.74) is 0. The molecule has 1 aliphatic heterocycles. The van der Waals surface area contributed by atoms with Crippen LogP contribution in [0.1, 0.15) is 58.3 Å². The molecule has 100 valence electrons. The van der Waals surface area contributed by atoms with Crippen LogP contribution in [0.4, 0.5) is 0 Å². The number of ether oxygens (including phenoxy) is 1. The normalized spacial score (nSPS) is 22.3. The molecule has 2 heteroatoms. The molecule has 2 atom stereocenters. The average Bonchev–Trinajstić information content (AvgIpc) is 2.37. The van der Waals surface area contributed by atoms with Gasteiger partial charge in [0.05, 0.1) is 6.10 Å². The van der Waals surface area contributed by atoms with E-state index in [-0.39, 0.29) is 0 Å². The first-order chi connectivity index (χ1) is 8.36. The highest BCUT2D eigenvalue weighted by Gasteiger charge is 2.16. The van der Waals surface area contributed by atoms with E-state index >= 15 is 0 Å². The Kier molecular flexibility index (Phi) is 8.37.